The minimum Gasteiger partial charge on any atom is -0.493 e. The summed E-state index contributed by atoms with van der Waals surface area (Å²) in [5.41, 5.74) is 6.79. The van der Waals surface area contributed by atoms with E-state index in [9.17, 15) is 0 Å². The van der Waals surface area contributed by atoms with E-state index in [0.29, 0.717) is 6.61 Å². The maximum atomic E-state index is 5.97. The highest BCUT2D eigenvalue weighted by Gasteiger charge is 2.07. The number of methoxy groups -OCH3 is 1. The summed E-state index contributed by atoms with van der Waals surface area (Å²) >= 11 is 1.67. The van der Waals surface area contributed by atoms with Crippen molar-refractivity contribution in [3.05, 3.63) is 53.4 Å². The smallest absolute Gasteiger partial charge is 0.161 e. The monoisotopic (exact) mass is 285 g/mol. The van der Waals surface area contributed by atoms with Crippen molar-refractivity contribution in [2.75, 3.05) is 12.8 Å². The molecular formula is C16H15NO2S. The Labute approximate surface area is 121 Å². The zero-order chi connectivity index (χ0) is 13.9. The molecule has 0 atom stereocenters. The molecular weight excluding hydrogens is 270 g/mol. The van der Waals surface area contributed by atoms with Crippen molar-refractivity contribution in [3.63, 3.8) is 0 Å². The lowest BCUT2D eigenvalue weighted by molar-refractivity contribution is 0.287. The Hall–Kier alpha value is -2.20. The molecule has 0 fully saturated rings. The summed E-state index contributed by atoms with van der Waals surface area (Å²) in [6.45, 7) is 0.513. The lowest BCUT2D eigenvalue weighted by Gasteiger charge is -2.08. The first-order valence-electron chi connectivity index (χ1n) is 6.30. The molecule has 0 amide bonds. The Kier molecular flexibility index (Phi) is 3.48. The van der Waals surface area contributed by atoms with Crippen LogP contribution < -0.4 is 15.2 Å². The summed E-state index contributed by atoms with van der Waals surface area (Å²) in [6.07, 6.45) is 0. The predicted molar refractivity (Wildman–Crippen MR) is 83.6 cm³/mol. The average Bonchev–Trinajstić information content (AvgIpc) is 2.90. The van der Waals surface area contributed by atoms with E-state index in [1.54, 1.807) is 18.4 Å². The largest absolute Gasteiger partial charge is 0.493 e. The first kappa shape index (κ1) is 12.8. The van der Waals surface area contributed by atoms with Crippen LogP contribution in [0.25, 0.3) is 10.1 Å². The van der Waals surface area contributed by atoms with E-state index in [1.165, 1.54) is 0 Å². The zero-order valence-electron chi connectivity index (χ0n) is 11.1. The van der Waals surface area contributed by atoms with Gasteiger partial charge in [0, 0.05) is 10.6 Å². The Morgan fingerprint density at radius 1 is 1.05 bits per heavy atom. The number of rotatable bonds is 4. The topological polar surface area (TPSA) is 44.5 Å². The molecule has 4 heteroatoms. The SMILES string of the molecule is COc1ccccc1OCc1cc2cccc(N)c2s1. The molecule has 0 spiro atoms. The Bertz CT molecular complexity index is 736. The number of fused-ring (bicyclic) bond motifs is 1. The van der Waals surface area contributed by atoms with Crippen LogP contribution in [0.3, 0.4) is 0 Å². The molecule has 3 rings (SSSR count). The van der Waals surface area contributed by atoms with Gasteiger partial charge in [-0.2, -0.15) is 0 Å². The van der Waals surface area contributed by atoms with Crippen LogP contribution in [0.1, 0.15) is 4.88 Å². The van der Waals surface area contributed by atoms with Crippen molar-refractivity contribution in [2.45, 2.75) is 6.61 Å². The molecule has 3 nitrogen and oxygen atoms in total. The molecule has 1 aromatic heterocycles. The molecule has 0 aliphatic heterocycles. The van der Waals surface area contributed by atoms with Gasteiger partial charge in [0.05, 0.1) is 11.8 Å². The molecule has 20 heavy (non-hydrogen) atoms. The molecule has 0 bridgehead atoms. The summed E-state index contributed by atoms with van der Waals surface area (Å²) in [5, 5.41) is 1.16. The quantitative estimate of drug-likeness (QED) is 0.735. The number of para-hydroxylation sites is 2. The van der Waals surface area contributed by atoms with Gasteiger partial charge in [0.2, 0.25) is 0 Å². The normalized spacial score (nSPS) is 10.7. The van der Waals surface area contributed by atoms with Crippen LogP contribution in [-0.4, -0.2) is 7.11 Å². The summed E-state index contributed by atoms with van der Waals surface area (Å²) in [6, 6.07) is 15.7. The third kappa shape index (κ3) is 2.42. The molecule has 0 aliphatic carbocycles. The molecule has 2 aromatic carbocycles. The van der Waals surface area contributed by atoms with E-state index in [0.717, 1.165) is 32.1 Å². The van der Waals surface area contributed by atoms with Gasteiger partial charge in [-0.3, -0.25) is 0 Å². The maximum Gasteiger partial charge on any atom is 0.161 e. The number of hydrogen-bond donors (Lipinski definition) is 1. The van der Waals surface area contributed by atoms with Crippen molar-refractivity contribution in [1.29, 1.82) is 0 Å². The van der Waals surface area contributed by atoms with Crippen LogP contribution >= 0.6 is 11.3 Å². The highest BCUT2D eigenvalue weighted by atomic mass is 32.1. The van der Waals surface area contributed by atoms with Crippen LogP contribution in [0.15, 0.2) is 48.5 Å². The number of nitrogen functional groups attached to an aromatic ring is 1. The fourth-order valence-electron chi connectivity index (χ4n) is 2.10. The van der Waals surface area contributed by atoms with Gasteiger partial charge in [-0.15, -0.1) is 11.3 Å². The first-order valence-corrected chi connectivity index (χ1v) is 7.12. The molecule has 102 valence electrons. The van der Waals surface area contributed by atoms with Gasteiger partial charge in [-0.1, -0.05) is 24.3 Å². The van der Waals surface area contributed by atoms with Crippen molar-refractivity contribution in [3.8, 4) is 11.5 Å². The number of hydrogen-bond acceptors (Lipinski definition) is 4. The Morgan fingerprint density at radius 3 is 2.60 bits per heavy atom. The summed E-state index contributed by atoms with van der Waals surface area (Å²) < 4.78 is 12.2. The number of thiophene rings is 1. The van der Waals surface area contributed by atoms with Crippen molar-refractivity contribution >= 4 is 27.1 Å². The van der Waals surface area contributed by atoms with Gasteiger partial charge >= 0.3 is 0 Å². The van der Waals surface area contributed by atoms with Gasteiger partial charge in [0.25, 0.3) is 0 Å². The van der Waals surface area contributed by atoms with Gasteiger partial charge in [-0.05, 0) is 29.7 Å². The molecule has 1 heterocycles. The van der Waals surface area contributed by atoms with Crippen LogP contribution in [0.2, 0.25) is 0 Å². The number of benzene rings is 2. The fourth-order valence-corrected chi connectivity index (χ4v) is 3.09. The molecule has 3 aromatic rings. The molecule has 0 aliphatic rings. The second kappa shape index (κ2) is 5.43. The minimum absolute atomic E-state index is 0.513. The van der Waals surface area contributed by atoms with Gasteiger partial charge in [0.15, 0.2) is 11.5 Å². The van der Waals surface area contributed by atoms with E-state index in [-0.39, 0.29) is 0 Å². The van der Waals surface area contributed by atoms with Gasteiger partial charge in [-0.25, -0.2) is 0 Å². The number of anilines is 1. The summed E-state index contributed by atoms with van der Waals surface area (Å²) in [4.78, 5) is 1.14. The highest BCUT2D eigenvalue weighted by Crippen LogP contribution is 2.32. The van der Waals surface area contributed by atoms with E-state index in [2.05, 4.69) is 12.1 Å². The van der Waals surface area contributed by atoms with Crippen molar-refractivity contribution in [1.82, 2.24) is 0 Å². The molecule has 2 N–H and O–H groups in total. The van der Waals surface area contributed by atoms with Crippen LogP contribution in [0.4, 0.5) is 5.69 Å². The molecule has 0 unspecified atom stereocenters. The third-order valence-corrected chi connectivity index (χ3v) is 4.24. The van der Waals surface area contributed by atoms with E-state index in [1.807, 2.05) is 36.4 Å². The summed E-state index contributed by atoms with van der Waals surface area (Å²) in [7, 11) is 1.64. The number of ether oxygens (including phenoxy) is 2. The highest BCUT2D eigenvalue weighted by molar-refractivity contribution is 7.19. The first-order chi connectivity index (χ1) is 9.78. The molecule has 0 radical (unpaired) electrons. The molecule has 0 saturated heterocycles. The standard InChI is InChI=1S/C16H15NO2S/c1-18-14-7-2-3-8-15(14)19-10-12-9-11-5-4-6-13(17)16(11)20-12/h2-9H,10,17H2,1H3. The van der Waals surface area contributed by atoms with Crippen LogP contribution in [-0.2, 0) is 6.61 Å². The average molecular weight is 285 g/mol. The maximum absolute atomic E-state index is 5.97. The number of nitrogens with two attached hydrogens (primary N) is 1. The minimum atomic E-state index is 0.513. The Morgan fingerprint density at radius 2 is 1.85 bits per heavy atom. The molecule has 0 saturated carbocycles. The third-order valence-electron chi connectivity index (χ3n) is 3.06. The van der Waals surface area contributed by atoms with E-state index >= 15 is 0 Å². The van der Waals surface area contributed by atoms with Crippen molar-refractivity contribution in [2.24, 2.45) is 0 Å². The second-order valence-corrected chi connectivity index (χ2v) is 5.55. The lowest BCUT2D eigenvalue weighted by atomic mass is 10.2. The van der Waals surface area contributed by atoms with Gasteiger partial charge in [0.1, 0.15) is 6.61 Å². The van der Waals surface area contributed by atoms with E-state index < -0.39 is 0 Å². The van der Waals surface area contributed by atoms with Crippen molar-refractivity contribution < 1.29 is 9.47 Å². The Balaban J connectivity index is 1.82. The van der Waals surface area contributed by atoms with Crippen LogP contribution in [0.5, 0.6) is 11.5 Å². The lowest BCUT2D eigenvalue weighted by Crippen LogP contribution is -1.95. The predicted octanol–water partition coefficient (Wildman–Crippen LogP) is 4.07. The zero-order valence-corrected chi connectivity index (χ0v) is 11.9. The van der Waals surface area contributed by atoms with E-state index in [4.69, 9.17) is 15.2 Å². The summed E-state index contributed by atoms with van der Waals surface area (Å²) in [5.74, 6) is 1.49. The van der Waals surface area contributed by atoms with Gasteiger partial charge < -0.3 is 15.2 Å². The fraction of sp³-hybridized carbons (Fsp3) is 0.125. The second-order valence-electron chi connectivity index (χ2n) is 4.42. The van der Waals surface area contributed by atoms with Crippen LogP contribution in [0, 0.1) is 0 Å².